The van der Waals surface area contributed by atoms with Crippen LogP contribution in [0.15, 0.2) is 24.3 Å². The highest BCUT2D eigenvalue weighted by atomic mass is 32.1. The maximum Gasteiger partial charge on any atom is 0.228 e. The summed E-state index contributed by atoms with van der Waals surface area (Å²) < 4.78 is 9.95. The minimum Gasteiger partial charge on any atom is -0.494 e. The molecule has 3 rings (SSSR count). The van der Waals surface area contributed by atoms with Crippen molar-refractivity contribution < 1.29 is 9.53 Å². The number of amides is 1. The fraction of sp³-hybridized carbons (Fsp3) is 0.412. The molecule has 1 N–H and O–H groups in total. The van der Waals surface area contributed by atoms with Crippen LogP contribution in [0.3, 0.4) is 0 Å². The van der Waals surface area contributed by atoms with Crippen LogP contribution in [-0.4, -0.2) is 16.9 Å². The number of anilines is 1. The molecule has 5 heteroatoms. The van der Waals surface area contributed by atoms with Crippen molar-refractivity contribution in [3.8, 4) is 17.0 Å². The Labute approximate surface area is 134 Å². The number of aromatic nitrogens is 1. The molecule has 0 saturated heterocycles. The Bertz CT molecular complexity index is 678. The fourth-order valence-electron chi connectivity index (χ4n) is 2.49. The zero-order valence-corrected chi connectivity index (χ0v) is 13.9. The first-order chi connectivity index (χ1) is 10.6. The van der Waals surface area contributed by atoms with Gasteiger partial charge in [0.25, 0.3) is 0 Å². The number of benzene rings is 1. The smallest absolute Gasteiger partial charge is 0.228 e. The summed E-state index contributed by atoms with van der Waals surface area (Å²) in [5, 5.41) is 3.87. The highest BCUT2D eigenvalue weighted by Gasteiger charge is 2.39. The second kappa shape index (κ2) is 6.08. The standard InChI is InChI=1S/C17H20N2O2S/c1-4-21-13-7-5-12(6-8-13)15-11(3)17(22-19-15)18-16(20)14-9-10(14)2/h5-8,10,14H,4,9H2,1-3H3,(H,18,20)/t10?,14-/m1/s1. The Kier molecular flexibility index (Phi) is 4.16. The van der Waals surface area contributed by atoms with E-state index in [1.165, 1.54) is 11.5 Å². The second-order valence-electron chi connectivity index (χ2n) is 5.75. The SMILES string of the molecule is CCOc1ccc(-c2nsc(NC(=O)[C@@H]3CC3C)c2C)cc1. The van der Waals surface area contributed by atoms with Crippen molar-refractivity contribution in [2.45, 2.75) is 27.2 Å². The first-order valence-corrected chi connectivity index (χ1v) is 8.37. The molecular formula is C17H20N2O2S. The van der Waals surface area contributed by atoms with Gasteiger partial charge in [0, 0.05) is 17.0 Å². The van der Waals surface area contributed by atoms with E-state index >= 15 is 0 Å². The van der Waals surface area contributed by atoms with Gasteiger partial charge in [-0.15, -0.1) is 0 Å². The number of hydrogen-bond donors (Lipinski definition) is 1. The lowest BCUT2D eigenvalue weighted by Gasteiger charge is -2.05. The summed E-state index contributed by atoms with van der Waals surface area (Å²) in [7, 11) is 0. The van der Waals surface area contributed by atoms with Crippen LogP contribution in [0.5, 0.6) is 5.75 Å². The van der Waals surface area contributed by atoms with Crippen molar-refractivity contribution in [1.29, 1.82) is 0 Å². The molecule has 1 fully saturated rings. The molecule has 1 unspecified atom stereocenters. The Hall–Kier alpha value is -1.88. The molecule has 2 atom stereocenters. The lowest BCUT2D eigenvalue weighted by atomic mass is 10.1. The van der Waals surface area contributed by atoms with Crippen molar-refractivity contribution in [2.75, 3.05) is 11.9 Å². The lowest BCUT2D eigenvalue weighted by molar-refractivity contribution is -0.117. The first-order valence-electron chi connectivity index (χ1n) is 7.60. The van der Waals surface area contributed by atoms with E-state index in [-0.39, 0.29) is 11.8 Å². The number of hydrogen-bond acceptors (Lipinski definition) is 4. The molecule has 2 aromatic rings. The van der Waals surface area contributed by atoms with Gasteiger partial charge in [0.15, 0.2) is 0 Å². The number of nitrogens with zero attached hydrogens (tertiary/aromatic N) is 1. The van der Waals surface area contributed by atoms with E-state index in [0.717, 1.165) is 34.0 Å². The highest BCUT2D eigenvalue weighted by Crippen LogP contribution is 2.40. The topological polar surface area (TPSA) is 51.2 Å². The zero-order chi connectivity index (χ0) is 15.7. The number of ether oxygens (including phenoxy) is 1. The van der Waals surface area contributed by atoms with Crippen LogP contribution in [0.2, 0.25) is 0 Å². The van der Waals surface area contributed by atoms with Gasteiger partial charge < -0.3 is 10.1 Å². The summed E-state index contributed by atoms with van der Waals surface area (Å²) in [5.41, 5.74) is 2.99. The molecule has 1 aliphatic carbocycles. The predicted molar refractivity (Wildman–Crippen MR) is 89.4 cm³/mol. The maximum atomic E-state index is 12.1. The number of carbonyl (C=O) groups is 1. The molecule has 22 heavy (non-hydrogen) atoms. The lowest BCUT2D eigenvalue weighted by Crippen LogP contribution is -2.14. The van der Waals surface area contributed by atoms with Gasteiger partial charge in [-0.1, -0.05) is 6.92 Å². The summed E-state index contributed by atoms with van der Waals surface area (Å²) in [6, 6.07) is 7.90. The molecule has 116 valence electrons. The van der Waals surface area contributed by atoms with Crippen LogP contribution in [0.25, 0.3) is 11.3 Å². The monoisotopic (exact) mass is 316 g/mol. The van der Waals surface area contributed by atoms with E-state index < -0.39 is 0 Å². The molecule has 0 bridgehead atoms. The van der Waals surface area contributed by atoms with Gasteiger partial charge >= 0.3 is 0 Å². The van der Waals surface area contributed by atoms with Gasteiger partial charge in [0.2, 0.25) is 5.91 Å². The largest absolute Gasteiger partial charge is 0.494 e. The van der Waals surface area contributed by atoms with Crippen molar-refractivity contribution >= 4 is 22.4 Å². The van der Waals surface area contributed by atoms with Crippen molar-refractivity contribution in [3.63, 3.8) is 0 Å². The Morgan fingerprint density at radius 3 is 2.68 bits per heavy atom. The third kappa shape index (κ3) is 2.99. The van der Waals surface area contributed by atoms with Gasteiger partial charge in [0.05, 0.1) is 12.3 Å². The predicted octanol–water partition coefficient (Wildman–Crippen LogP) is 4.11. The normalized spacial score (nSPS) is 19.8. The third-order valence-electron chi connectivity index (χ3n) is 4.05. The zero-order valence-electron chi connectivity index (χ0n) is 13.1. The van der Waals surface area contributed by atoms with Gasteiger partial charge in [-0.25, -0.2) is 0 Å². The van der Waals surface area contributed by atoms with Gasteiger partial charge in [-0.05, 0) is 62.0 Å². The highest BCUT2D eigenvalue weighted by molar-refractivity contribution is 7.10. The number of rotatable bonds is 5. The Balaban J connectivity index is 1.76. The summed E-state index contributed by atoms with van der Waals surface area (Å²) in [6.45, 7) is 6.73. The van der Waals surface area contributed by atoms with Crippen LogP contribution in [0.1, 0.15) is 25.8 Å². The molecule has 1 saturated carbocycles. The summed E-state index contributed by atoms with van der Waals surface area (Å²) >= 11 is 1.35. The first kappa shape index (κ1) is 15.0. The molecule has 0 radical (unpaired) electrons. The van der Waals surface area contributed by atoms with E-state index in [0.29, 0.717) is 12.5 Å². The van der Waals surface area contributed by atoms with Crippen LogP contribution in [-0.2, 0) is 4.79 Å². The van der Waals surface area contributed by atoms with Crippen molar-refractivity contribution in [1.82, 2.24) is 4.37 Å². The molecule has 1 amide bonds. The molecule has 4 nitrogen and oxygen atoms in total. The van der Waals surface area contributed by atoms with Crippen LogP contribution in [0.4, 0.5) is 5.00 Å². The van der Waals surface area contributed by atoms with E-state index in [1.54, 1.807) is 0 Å². The van der Waals surface area contributed by atoms with Crippen molar-refractivity contribution in [3.05, 3.63) is 29.8 Å². The molecule has 1 heterocycles. The van der Waals surface area contributed by atoms with E-state index in [4.69, 9.17) is 4.74 Å². The average molecular weight is 316 g/mol. The maximum absolute atomic E-state index is 12.1. The van der Waals surface area contributed by atoms with Gasteiger partial charge in [-0.2, -0.15) is 4.37 Å². The minimum absolute atomic E-state index is 0.123. The molecule has 1 aromatic carbocycles. The van der Waals surface area contributed by atoms with Gasteiger partial charge in [0.1, 0.15) is 10.8 Å². The summed E-state index contributed by atoms with van der Waals surface area (Å²) in [5.74, 6) is 1.67. The van der Waals surface area contributed by atoms with Gasteiger partial charge in [-0.3, -0.25) is 4.79 Å². The molecule has 0 aliphatic heterocycles. The second-order valence-corrected chi connectivity index (χ2v) is 6.52. The van der Waals surface area contributed by atoms with Crippen LogP contribution < -0.4 is 10.1 Å². The quantitative estimate of drug-likeness (QED) is 0.903. The number of carbonyl (C=O) groups excluding carboxylic acids is 1. The Morgan fingerprint density at radius 2 is 2.09 bits per heavy atom. The third-order valence-corrected chi connectivity index (χ3v) is 4.91. The van der Waals surface area contributed by atoms with Crippen LogP contribution >= 0.6 is 11.5 Å². The Morgan fingerprint density at radius 1 is 1.41 bits per heavy atom. The van der Waals surface area contributed by atoms with E-state index in [9.17, 15) is 4.79 Å². The van der Waals surface area contributed by atoms with E-state index in [1.807, 2.05) is 38.1 Å². The van der Waals surface area contributed by atoms with Crippen molar-refractivity contribution in [2.24, 2.45) is 11.8 Å². The van der Waals surface area contributed by atoms with E-state index in [2.05, 4.69) is 16.6 Å². The minimum atomic E-state index is 0.123. The molecule has 0 spiro atoms. The average Bonchev–Trinajstić information content (AvgIpc) is 3.14. The molecular weight excluding hydrogens is 296 g/mol. The van der Waals surface area contributed by atoms with Crippen LogP contribution in [0, 0.1) is 18.8 Å². The molecule has 1 aromatic heterocycles. The number of nitrogens with one attached hydrogen (secondary N) is 1. The fourth-order valence-corrected chi connectivity index (χ4v) is 3.29. The summed E-state index contributed by atoms with van der Waals surface area (Å²) in [6.07, 6.45) is 0.995. The molecule has 1 aliphatic rings. The summed E-state index contributed by atoms with van der Waals surface area (Å²) in [4.78, 5) is 12.1.